The molecule has 1 N–H and O–H groups in total. The van der Waals surface area contributed by atoms with E-state index in [1.54, 1.807) is 17.2 Å². The first-order valence-corrected chi connectivity index (χ1v) is 7.91. The average molecular weight is 325 g/mol. The Hall–Kier alpha value is -2.67. The molecule has 1 saturated heterocycles. The van der Waals surface area contributed by atoms with Gasteiger partial charge in [-0.25, -0.2) is 4.98 Å². The van der Waals surface area contributed by atoms with Crippen molar-refractivity contribution in [3.05, 3.63) is 48.0 Å². The monoisotopic (exact) mass is 325 g/mol. The van der Waals surface area contributed by atoms with Crippen molar-refractivity contribution in [2.45, 2.75) is 12.5 Å². The normalized spacial score (nSPS) is 21.3. The Kier molecular flexibility index (Phi) is 3.38. The number of carbonyl (C=O) groups is 1. The molecule has 7 nitrogen and oxygen atoms in total. The fourth-order valence-corrected chi connectivity index (χ4v) is 3.16. The van der Waals surface area contributed by atoms with Crippen LogP contribution in [-0.4, -0.2) is 50.3 Å². The molecule has 0 spiro atoms. The topological polar surface area (TPSA) is 76.0 Å². The summed E-state index contributed by atoms with van der Waals surface area (Å²) < 4.78 is 7.72. The van der Waals surface area contributed by atoms with Crippen molar-refractivity contribution >= 4 is 16.9 Å². The maximum absolute atomic E-state index is 12.9. The van der Waals surface area contributed by atoms with Gasteiger partial charge in [-0.2, -0.15) is 5.10 Å². The number of hydrogen-bond acceptors (Lipinski definition) is 4. The predicted octanol–water partition coefficient (Wildman–Crippen LogP) is 1.68. The summed E-state index contributed by atoms with van der Waals surface area (Å²) in [7, 11) is 1.87. The van der Waals surface area contributed by atoms with Crippen LogP contribution in [0, 0.1) is 0 Å². The molecule has 1 atom stereocenters. The Morgan fingerprint density at radius 1 is 1.42 bits per heavy atom. The summed E-state index contributed by atoms with van der Waals surface area (Å²) in [5.74, 6) is 0.00455. The third kappa shape index (κ3) is 2.46. The first-order valence-electron chi connectivity index (χ1n) is 7.91. The first kappa shape index (κ1) is 14.9. The lowest BCUT2D eigenvalue weighted by Crippen LogP contribution is -2.50. The van der Waals surface area contributed by atoms with Gasteiger partial charge in [-0.05, 0) is 25.1 Å². The first-order chi connectivity index (χ1) is 11.5. The molecule has 3 aromatic rings. The number of benzene rings is 1. The molecule has 0 radical (unpaired) electrons. The van der Waals surface area contributed by atoms with Gasteiger partial charge < -0.3 is 14.6 Å². The molecule has 1 aromatic carbocycles. The smallest absolute Gasteiger partial charge is 0.254 e. The number of nitrogens with one attached hydrogen (secondary N) is 1. The minimum Gasteiger partial charge on any atom is -0.367 e. The van der Waals surface area contributed by atoms with E-state index >= 15 is 0 Å². The molecule has 1 amide bonds. The standard InChI is InChI=1S/C17H19N5O2/c1-17(13-8-20-21(2)9-13)10-22(5-6-24-17)16(23)12-3-4-14-15(7-12)19-11-18-14/h3-4,7-9,11H,5-6,10H2,1-2H3,(H,18,19). The second kappa shape index (κ2) is 5.45. The van der Waals surface area contributed by atoms with Crippen LogP contribution in [-0.2, 0) is 17.4 Å². The largest absolute Gasteiger partial charge is 0.367 e. The highest BCUT2D eigenvalue weighted by molar-refractivity contribution is 5.97. The number of aromatic nitrogens is 4. The number of imidazole rings is 1. The second-order valence-corrected chi connectivity index (χ2v) is 6.34. The van der Waals surface area contributed by atoms with Crippen molar-refractivity contribution in [1.82, 2.24) is 24.6 Å². The van der Waals surface area contributed by atoms with E-state index in [1.165, 1.54) is 0 Å². The predicted molar refractivity (Wildman–Crippen MR) is 88.5 cm³/mol. The molecule has 1 aliphatic heterocycles. The molecule has 2 aromatic heterocycles. The Morgan fingerprint density at radius 2 is 2.29 bits per heavy atom. The SMILES string of the molecule is Cn1cc(C2(C)CN(C(=O)c3ccc4nc[nH]c4c3)CCO2)cn1. The molecular weight excluding hydrogens is 306 g/mol. The van der Waals surface area contributed by atoms with Gasteiger partial charge in [-0.3, -0.25) is 9.48 Å². The van der Waals surface area contributed by atoms with Crippen LogP contribution in [0.4, 0.5) is 0 Å². The van der Waals surface area contributed by atoms with E-state index in [-0.39, 0.29) is 5.91 Å². The molecule has 0 saturated carbocycles. The quantitative estimate of drug-likeness (QED) is 0.778. The molecule has 24 heavy (non-hydrogen) atoms. The summed E-state index contributed by atoms with van der Waals surface area (Å²) in [6.45, 7) is 3.58. The fourth-order valence-electron chi connectivity index (χ4n) is 3.16. The zero-order chi connectivity index (χ0) is 16.7. The Morgan fingerprint density at radius 3 is 3.08 bits per heavy atom. The number of H-pyrrole nitrogens is 1. The number of amides is 1. The van der Waals surface area contributed by atoms with Crippen LogP contribution in [0.5, 0.6) is 0 Å². The van der Waals surface area contributed by atoms with Crippen molar-refractivity contribution < 1.29 is 9.53 Å². The molecule has 1 fully saturated rings. The number of fused-ring (bicyclic) bond motifs is 1. The molecular formula is C17H19N5O2. The summed E-state index contributed by atoms with van der Waals surface area (Å²) in [6, 6.07) is 5.53. The Bertz CT molecular complexity index is 899. The highest BCUT2D eigenvalue weighted by Gasteiger charge is 2.37. The number of morpholine rings is 1. The average Bonchev–Trinajstić information content (AvgIpc) is 3.22. The van der Waals surface area contributed by atoms with E-state index in [0.29, 0.717) is 25.3 Å². The van der Waals surface area contributed by atoms with Gasteiger partial charge in [0.05, 0.1) is 36.7 Å². The van der Waals surface area contributed by atoms with Gasteiger partial charge in [-0.15, -0.1) is 0 Å². The summed E-state index contributed by atoms with van der Waals surface area (Å²) >= 11 is 0. The summed E-state index contributed by atoms with van der Waals surface area (Å²) in [5, 5.41) is 4.22. The molecule has 0 aliphatic carbocycles. The molecule has 4 rings (SSSR count). The van der Waals surface area contributed by atoms with Crippen LogP contribution in [0.3, 0.4) is 0 Å². The number of aryl methyl sites for hydroxylation is 1. The number of nitrogens with zero attached hydrogens (tertiary/aromatic N) is 4. The summed E-state index contributed by atoms with van der Waals surface area (Å²) in [5.41, 5.74) is 2.81. The molecule has 1 unspecified atom stereocenters. The molecule has 1 aliphatic rings. The molecule has 7 heteroatoms. The van der Waals surface area contributed by atoms with Gasteiger partial charge in [0.2, 0.25) is 0 Å². The van der Waals surface area contributed by atoms with Gasteiger partial charge in [0, 0.05) is 30.9 Å². The van der Waals surface area contributed by atoms with Crippen molar-refractivity contribution in [2.24, 2.45) is 7.05 Å². The van der Waals surface area contributed by atoms with E-state index in [2.05, 4.69) is 15.1 Å². The van der Waals surface area contributed by atoms with Crippen LogP contribution >= 0.6 is 0 Å². The number of hydrogen-bond donors (Lipinski definition) is 1. The summed E-state index contributed by atoms with van der Waals surface area (Å²) in [4.78, 5) is 22.0. The van der Waals surface area contributed by atoms with Crippen LogP contribution < -0.4 is 0 Å². The lowest BCUT2D eigenvalue weighted by molar-refractivity contribution is -0.0931. The zero-order valence-corrected chi connectivity index (χ0v) is 13.7. The number of ether oxygens (including phenoxy) is 1. The highest BCUT2D eigenvalue weighted by atomic mass is 16.5. The van der Waals surface area contributed by atoms with Crippen LogP contribution in [0.2, 0.25) is 0 Å². The third-order valence-electron chi connectivity index (χ3n) is 4.54. The van der Waals surface area contributed by atoms with Crippen LogP contribution in [0.25, 0.3) is 11.0 Å². The second-order valence-electron chi connectivity index (χ2n) is 6.34. The van der Waals surface area contributed by atoms with E-state index in [9.17, 15) is 4.79 Å². The Balaban J connectivity index is 1.60. The van der Waals surface area contributed by atoms with Gasteiger partial charge in [0.25, 0.3) is 5.91 Å². The van der Waals surface area contributed by atoms with Gasteiger partial charge in [0.1, 0.15) is 5.60 Å². The van der Waals surface area contributed by atoms with Crippen molar-refractivity contribution in [1.29, 1.82) is 0 Å². The van der Waals surface area contributed by atoms with Crippen molar-refractivity contribution in [2.75, 3.05) is 19.7 Å². The zero-order valence-electron chi connectivity index (χ0n) is 13.7. The maximum Gasteiger partial charge on any atom is 0.254 e. The minimum absolute atomic E-state index is 0.00455. The van der Waals surface area contributed by atoms with Gasteiger partial charge in [0.15, 0.2) is 0 Å². The number of rotatable bonds is 2. The van der Waals surface area contributed by atoms with Crippen molar-refractivity contribution in [3.8, 4) is 0 Å². The lowest BCUT2D eigenvalue weighted by atomic mass is 9.96. The molecule has 0 bridgehead atoms. The van der Waals surface area contributed by atoms with Crippen LogP contribution in [0.15, 0.2) is 36.9 Å². The maximum atomic E-state index is 12.9. The lowest BCUT2D eigenvalue weighted by Gasteiger charge is -2.40. The molecule has 3 heterocycles. The van der Waals surface area contributed by atoms with E-state index in [1.807, 2.05) is 43.3 Å². The highest BCUT2D eigenvalue weighted by Crippen LogP contribution is 2.30. The Labute approximate surface area is 139 Å². The van der Waals surface area contributed by atoms with E-state index in [4.69, 9.17) is 4.74 Å². The minimum atomic E-state index is -0.541. The number of aromatic amines is 1. The van der Waals surface area contributed by atoms with Crippen molar-refractivity contribution in [3.63, 3.8) is 0 Å². The van der Waals surface area contributed by atoms with E-state index in [0.717, 1.165) is 16.6 Å². The van der Waals surface area contributed by atoms with Gasteiger partial charge in [-0.1, -0.05) is 0 Å². The van der Waals surface area contributed by atoms with E-state index < -0.39 is 5.60 Å². The van der Waals surface area contributed by atoms with Crippen LogP contribution in [0.1, 0.15) is 22.8 Å². The fraction of sp³-hybridized carbons (Fsp3) is 0.353. The summed E-state index contributed by atoms with van der Waals surface area (Å²) in [6.07, 6.45) is 5.36. The third-order valence-corrected chi connectivity index (χ3v) is 4.54. The molecule has 124 valence electrons. The van der Waals surface area contributed by atoms with Gasteiger partial charge >= 0.3 is 0 Å². The number of carbonyl (C=O) groups excluding carboxylic acids is 1.